The van der Waals surface area contributed by atoms with E-state index in [4.69, 9.17) is 23.2 Å². The van der Waals surface area contributed by atoms with Crippen molar-refractivity contribution in [1.29, 1.82) is 0 Å². The quantitative estimate of drug-likeness (QED) is 0.869. The second-order valence-corrected chi connectivity index (χ2v) is 6.69. The predicted octanol–water partition coefficient (Wildman–Crippen LogP) is 2.56. The van der Waals surface area contributed by atoms with E-state index in [1.807, 2.05) is 0 Å². The number of nitrogens with one attached hydrogen (secondary N) is 1. The van der Waals surface area contributed by atoms with Gasteiger partial charge in [-0.2, -0.15) is 0 Å². The summed E-state index contributed by atoms with van der Waals surface area (Å²) in [5, 5.41) is 2.83. The molecule has 0 spiro atoms. The van der Waals surface area contributed by atoms with Crippen LogP contribution >= 0.6 is 23.2 Å². The highest BCUT2D eigenvalue weighted by atomic mass is 35.5. The zero-order chi connectivity index (χ0) is 13.9. The van der Waals surface area contributed by atoms with Crippen LogP contribution in [-0.2, 0) is 14.6 Å². The van der Waals surface area contributed by atoms with Gasteiger partial charge in [-0.15, -0.1) is 11.6 Å². The van der Waals surface area contributed by atoms with Gasteiger partial charge in [0, 0.05) is 18.1 Å². The lowest BCUT2D eigenvalue weighted by molar-refractivity contribution is -0.118. The number of alkyl halides is 1. The van der Waals surface area contributed by atoms with Crippen molar-refractivity contribution in [3.8, 4) is 0 Å². The molecule has 0 fully saturated rings. The van der Waals surface area contributed by atoms with Gasteiger partial charge in [0.2, 0.25) is 5.91 Å². The lowest BCUT2D eigenvalue weighted by atomic mass is 10.2. The Labute approximate surface area is 116 Å². The van der Waals surface area contributed by atoms with E-state index in [1.165, 1.54) is 18.2 Å². The van der Waals surface area contributed by atoms with Gasteiger partial charge in [0.05, 0.1) is 15.6 Å². The molecule has 1 amide bonds. The van der Waals surface area contributed by atoms with Crippen molar-refractivity contribution in [3.63, 3.8) is 0 Å². The molecule has 1 atom stereocenters. The second kappa shape index (κ2) is 5.91. The van der Waals surface area contributed by atoms with E-state index in [0.717, 1.165) is 6.26 Å². The van der Waals surface area contributed by atoms with Gasteiger partial charge in [-0.25, -0.2) is 8.42 Å². The standard InChI is InChI=1S/C11H13Cl2NO3S/c1-7(6-12)11(15)14-10-5-8(18(2,16)17)3-4-9(10)13/h3-5,7H,6H2,1-2H3,(H,14,15). The number of sulfone groups is 1. The smallest absolute Gasteiger partial charge is 0.228 e. The van der Waals surface area contributed by atoms with Crippen LogP contribution < -0.4 is 5.32 Å². The highest BCUT2D eigenvalue weighted by molar-refractivity contribution is 7.90. The minimum Gasteiger partial charge on any atom is -0.324 e. The Kier molecular flexibility index (Phi) is 5.01. The Morgan fingerprint density at radius 1 is 1.44 bits per heavy atom. The van der Waals surface area contributed by atoms with Crippen LogP contribution in [0.15, 0.2) is 23.1 Å². The fourth-order valence-corrected chi connectivity index (χ4v) is 2.11. The van der Waals surface area contributed by atoms with Crippen molar-refractivity contribution in [2.75, 3.05) is 17.5 Å². The number of carbonyl (C=O) groups is 1. The van der Waals surface area contributed by atoms with Gasteiger partial charge in [0.15, 0.2) is 9.84 Å². The number of carbonyl (C=O) groups excluding carboxylic acids is 1. The molecule has 1 aromatic carbocycles. The molecule has 0 aliphatic carbocycles. The number of halogens is 2. The Morgan fingerprint density at radius 3 is 2.56 bits per heavy atom. The first-order valence-electron chi connectivity index (χ1n) is 5.12. The first-order valence-corrected chi connectivity index (χ1v) is 7.92. The van der Waals surface area contributed by atoms with Gasteiger partial charge in [-0.3, -0.25) is 4.79 Å². The normalized spacial score (nSPS) is 13.1. The average molecular weight is 310 g/mol. The highest BCUT2D eigenvalue weighted by Gasteiger charge is 2.15. The summed E-state index contributed by atoms with van der Waals surface area (Å²) in [6.07, 6.45) is 1.09. The fraction of sp³-hybridized carbons (Fsp3) is 0.364. The maximum atomic E-state index is 11.7. The molecule has 0 bridgehead atoms. The molecule has 0 aliphatic rings. The molecular formula is C11H13Cl2NO3S. The van der Waals surface area contributed by atoms with Gasteiger partial charge >= 0.3 is 0 Å². The molecular weight excluding hydrogens is 297 g/mol. The van der Waals surface area contributed by atoms with Gasteiger partial charge in [-0.1, -0.05) is 18.5 Å². The average Bonchev–Trinajstić information content (AvgIpc) is 2.29. The first-order chi connectivity index (χ1) is 8.25. The zero-order valence-electron chi connectivity index (χ0n) is 9.91. The number of rotatable bonds is 4. The third-order valence-electron chi connectivity index (χ3n) is 2.30. The molecule has 0 aliphatic heterocycles. The van der Waals surface area contributed by atoms with Crippen LogP contribution in [0.1, 0.15) is 6.92 Å². The van der Waals surface area contributed by atoms with Crippen LogP contribution in [0.5, 0.6) is 0 Å². The molecule has 100 valence electrons. The van der Waals surface area contributed by atoms with E-state index in [1.54, 1.807) is 6.92 Å². The Bertz CT molecular complexity index is 557. The Hall–Kier alpha value is -0.780. The third-order valence-corrected chi connectivity index (χ3v) is 4.21. The van der Waals surface area contributed by atoms with Crippen LogP contribution in [-0.4, -0.2) is 26.5 Å². The number of amides is 1. The van der Waals surface area contributed by atoms with Gasteiger partial charge in [0.25, 0.3) is 0 Å². The molecule has 18 heavy (non-hydrogen) atoms. The maximum absolute atomic E-state index is 11.7. The monoisotopic (exact) mass is 309 g/mol. The van der Waals surface area contributed by atoms with Crippen molar-refractivity contribution in [1.82, 2.24) is 0 Å². The second-order valence-electron chi connectivity index (χ2n) is 3.96. The fourth-order valence-electron chi connectivity index (χ4n) is 1.16. The van der Waals surface area contributed by atoms with Gasteiger partial charge in [0.1, 0.15) is 0 Å². The summed E-state index contributed by atoms with van der Waals surface area (Å²) in [5.41, 5.74) is 0.265. The number of hydrogen-bond acceptors (Lipinski definition) is 3. The molecule has 0 radical (unpaired) electrons. The van der Waals surface area contributed by atoms with Crippen LogP contribution in [0.4, 0.5) is 5.69 Å². The number of hydrogen-bond donors (Lipinski definition) is 1. The van der Waals surface area contributed by atoms with Crippen LogP contribution in [0.2, 0.25) is 5.02 Å². The molecule has 1 N–H and O–H groups in total. The molecule has 0 saturated heterocycles. The van der Waals surface area contributed by atoms with E-state index in [2.05, 4.69) is 5.32 Å². The first kappa shape index (κ1) is 15.3. The minimum atomic E-state index is -3.34. The van der Waals surface area contributed by atoms with Crippen molar-refractivity contribution >= 4 is 44.6 Å². The highest BCUT2D eigenvalue weighted by Crippen LogP contribution is 2.25. The third kappa shape index (κ3) is 3.86. The lowest BCUT2D eigenvalue weighted by Gasteiger charge is -2.11. The molecule has 1 rings (SSSR count). The largest absolute Gasteiger partial charge is 0.324 e. The van der Waals surface area contributed by atoms with Crippen molar-refractivity contribution in [2.45, 2.75) is 11.8 Å². The lowest BCUT2D eigenvalue weighted by Crippen LogP contribution is -2.21. The molecule has 0 heterocycles. The molecule has 1 aromatic rings. The topological polar surface area (TPSA) is 63.2 Å². The summed E-state index contributed by atoms with van der Waals surface area (Å²) in [6.45, 7) is 1.66. The Balaban J connectivity index is 3.06. The van der Waals surface area contributed by atoms with Crippen LogP contribution in [0.25, 0.3) is 0 Å². The molecule has 7 heteroatoms. The SMILES string of the molecule is CC(CCl)C(=O)Nc1cc(S(C)(=O)=O)ccc1Cl. The van der Waals surface area contributed by atoms with Crippen molar-refractivity contribution < 1.29 is 13.2 Å². The van der Waals surface area contributed by atoms with Gasteiger partial charge < -0.3 is 5.32 Å². The number of anilines is 1. The van der Waals surface area contributed by atoms with Crippen LogP contribution in [0.3, 0.4) is 0 Å². The zero-order valence-corrected chi connectivity index (χ0v) is 12.2. The molecule has 0 saturated carbocycles. The number of benzene rings is 1. The summed E-state index contributed by atoms with van der Waals surface area (Å²) >= 11 is 11.5. The van der Waals surface area contributed by atoms with Crippen molar-refractivity contribution in [2.24, 2.45) is 5.92 Å². The molecule has 1 unspecified atom stereocenters. The summed E-state index contributed by atoms with van der Waals surface area (Å²) in [6, 6.07) is 4.15. The predicted molar refractivity (Wildman–Crippen MR) is 73.1 cm³/mol. The minimum absolute atomic E-state index is 0.0979. The summed E-state index contributed by atoms with van der Waals surface area (Å²) in [7, 11) is -3.34. The summed E-state index contributed by atoms with van der Waals surface area (Å²) in [5.74, 6) is -0.517. The Morgan fingerprint density at radius 2 is 2.06 bits per heavy atom. The summed E-state index contributed by atoms with van der Waals surface area (Å²) in [4.78, 5) is 11.8. The van der Waals surface area contributed by atoms with E-state index in [0.29, 0.717) is 0 Å². The molecule has 0 aromatic heterocycles. The van der Waals surface area contributed by atoms with E-state index in [9.17, 15) is 13.2 Å². The molecule has 4 nitrogen and oxygen atoms in total. The van der Waals surface area contributed by atoms with E-state index < -0.39 is 9.84 Å². The van der Waals surface area contributed by atoms with Crippen molar-refractivity contribution in [3.05, 3.63) is 23.2 Å². The summed E-state index contributed by atoms with van der Waals surface area (Å²) < 4.78 is 22.8. The van der Waals surface area contributed by atoms with Gasteiger partial charge in [-0.05, 0) is 18.2 Å². The van der Waals surface area contributed by atoms with Crippen LogP contribution in [0, 0.1) is 5.92 Å². The van der Waals surface area contributed by atoms with E-state index >= 15 is 0 Å². The maximum Gasteiger partial charge on any atom is 0.228 e. The van der Waals surface area contributed by atoms with E-state index in [-0.39, 0.29) is 33.3 Å².